The second-order valence-corrected chi connectivity index (χ2v) is 6.74. The highest BCUT2D eigenvalue weighted by Crippen LogP contribution is 2.39. The summed E-state index contributed by atoms with van der Waals surface area (Å²) in [5.41, 5.74) is 1.24. The van der Waals surface area contributed by atoms with Gasteiger partial charge in [0.1, 0.15) is 18.1 Å². The zero-order valence-corrected chi connectivity index (χ0v) is 14.1. The number of hydrogen-bond acceptors (Lipinski definition) is 4. The van der Waals surface area contributed by atoms with Crippen molar-refractivity contribution in [3.05, 3.63) is 53.2 Å². The van der Waals surface area contributed by atoms with E-state index in [0.29, 0.717) is 23.6 Å². The molecule has 2 aromatic rings. The number of fused-ring (bicyclic) bond motifs is 1. The Morgan fingerprint density at radius 1 is 1.12 bits per heavy atom. The number of phenolic OH excluding ortho intramolecular Hbond substituents is 1. The first kappa shape index (κ1) is 16.0. The van der Waals surface area contributed by atoms with Gasteiger partial charge < -0.3 is 19.2 Å². The average molecular weight is 340 g/mol. The Morgan fingerprint density at radius 2 is 1.92 bits per heavy atom. The van der Waals surface area contributed by atoms with Crippen LogP contribution in [0, 0.1) is 0 Å². The molecule has 0 aliphatic carbocycles. The number of allylic oxidation sites excluding steroid dienone is 1. The van der Waals surface area contributed by atoms with Crippen LogP contribution in [0.4, 0.5) is 0 Å². The number of quaternary nitrogens is 1. The number of phenols is 1. The minimum absolute atomic E-state index is 0.168. The number of carbonyl (C=O) groups is 1. The molecule has 0 unspecified atom stereocenters. The molecule has 2 aliphatic heterocycles. The normalized spacial score (nSPS) is 19.7. The van der Waals surface area contributed by atoms with Crippen molar-refractivity contribution in [3.63, 3.8) is 0 Å². The quantitative estimate of drug-likeness (QED) is 0.843. The minimum Gasteiger partial charge on any atom is -0.507 e. The number of ether oxygens (including phenoxy) is 1. The summed E-state index contributed by atoms with van der Waals surface area (Å²) in [5.74, 6) is 1.34. The van der Waals surface area contributed by atoms with Gasteiger partial charge in [0.2, 0.25) is 5.78 Å². The summed E-state index contributed by atoms with van der Waals surface area (Å²) >= 11 is 0. The van der Waals surface area contributed by atoms with Gasteiger partial charge in [0.25, 0.3) is 0 Å². The Labute approximate surface area is 146 Å². The van der Waals surface area contributed by atoms with Crippen molar-refractivity contribution in [2.75, 3.05) is 13.1 Å². The largest absolute Gasteiger partial charge is 0.507 e. The molecule has 5 nitrogen and oxygen atoms in total. The first-order valence-electron chi connectivity index (χ1n) is 8.88. The van der Waals surface area contributed by atoms with E-state index < -0.39 is 0 Å². The second kappa shape index (κ2) is 6.76. The zero-order valence-electron chi connectivity index (χ0n) is 14.1. The molecule has 1 saturated heterocycles. The topological polar surface area (TPSA) is 64.1 Å². The molecule has 130 valence electrons. The monoisotopic (exact) mass is 340 g/mol. The first-order valence-corrected chi connectivity index (χ1v) is 8.88. The number of furan rings is 1. The summed E-state index contributed by atoms with van der Waals surface area (Å²) in [6, 6.07) is 6.77. The predicted molar refractivity (Wildman–Crippen MR) is 92.6 cm³/mol. The fraction of sp³-hybridized carbons (Fsp3) is 0.350. The van der Waals surface area contributed by atoms with E-state index in [2.05, 4.69) is 0 Å². The van der Waals surface area contributed by atoms with Gasteiger partial charge in [-0.15, -0.1) is 0 Å². The van der Waals surface area contributed by atoms with Gasteiger partial charge in [-0.3, -0.25) is 4.79 Å². The predicted octanol–water partition coefficient (Wildman–Crippen LogP) is 2.56. The lowest BCUT2D eigenvalue weighted by Gasteiger charge is -2.18. The Hall–Kier alpha value is -2.53. The molecule has 0 bridgehead atoms. The number of hydrogen-bond donors (Lipinski definition) is 2. The van der Waals surface area contributed by atoms with Crippen molar-refractivity contribution in [1.29, 1.82) is 0 Å². The van der Waals surface area contributed by atoms with Crippen LogP contribution in [0.3, 0.4) is 0 Å². The molecule has 25 heavy (non-hydrogen) atoms. The molecule has 2 N–H and O–H groups in total. The molecule has 0 spiro atoms. The lowest BCUT2D eigenvalue weighted by atomic mass is 10.0. The van der Waals surface area contributed by atoms with E-state index in [4.69, 9.17) is 9.15 Å². The number of aromatic hydroxyl groups is 1. The Kier molecular flexibility index (Phi) is 4.32. The van der Waals surface area contributed by atoms with Gasteiger partial charge in [0.05, 0.1) is 30.5 Å². The van der Waals surface area contributed by atoms with Crippen molar-refractivity contribution in [3.8, 4) is 11.5 Å². The number of nitrogens with one attached hydrogen (secondary N) is 1. The Morgan fingerprint density at radius 3 is 2.64 bits per heavy atom. The van der Waals surface area contributed by atoms with Crippen molar-refractivity contribution in [2.24, 2.45) is 0 Å². The molecule has 2 aliphatic rings. The van der Waals surface area contributed by atoms with Gasteiger partial charge in [-0.2, -0.15) is 0 Å². The maximum absolute atomic E-state index is 12.6. The molecule has 0 atom stereocenters. The molecule has 4 rings (SSSR count). The maximum Gasteiger partial charge on any atom is 0.232 e. The molecule has 0 radical (unpaired) electrons. The molecule has 1 aromatic heterocycles. The zero-order chi connectivity index (χ0) is 17.2. The molecule has 0 amide bonds. The number of carbonyl (C=O) groups excluding carboxylic acids is 1. The highest BCUT2D eigenvalue weighted by Gasteiger charge is 2.32. The number of Topliss-reactive ketones (excluding diaryl/α,β-unsaturated/α-hetero) is 1. The minimum atomic E-state index is -0.168. The Balaban J connectivity index is 1.64. The summed E-state index contributed by atoms with van der Waals surface area (Å²) in [7, 11) is 0. The molecule has 1 fully saturated rings. The van der Waals surface area contributed by atoms with Gasteiger partial charge in [-0.25, -0.2) is 0 Å². The average Bonchev–Trinajstić information content (AvgIpc) is 3.13. The molecule has 0 saturated carbocycles. The van der Waals surface area contributed by atoms with Crippen molar-refractivity contribution >= 4 is 11.9 Å². The van der Waals surface area contributed by atoms with Gasteiger partial charge in [0, 0.05) is 6.08 Å². The molecular formula is C20H22NO4+. The standard InChI is InChI=1S/C20H21NO4/c22-17-8-7-15-19(23)18(12-14-6-5-11-24-14)25-20(15)16(17)13-21-9-3-1-2-4-10-21/h5-8,11-12,22H,1-4,9-10,13H2/p+1/b18-12+. The third-order valence-corrected chi connectivity index (χ3v) is 4.97. The van der Waals surface area contributed by atoms with E-state index in [1.165, 1.54) is 30.6 Å². The number of rotatable bonds is 3. The SMILES string of the molecule is O=C1/C(=C\c2ccco2)Oc2c1ccc(O)c2C[NH+]1CCCCCC1. The highest BCUT2D eigenvalue weighted by atomic mass is 16.5. The van der Waals surface area contributed by atoms with Crippen LogP contribution in [-0.4, -0.2) is 24.0 Å². The van der Waals surface area contributed by atoms with Crippen LogP contribution >= 0.6 is 0 Å². The highest BCUT2D eigenvalue weighted by molar-refractivity contribution is 6.14. The first-order chi connectivity index (χ1) is 12.2. The van der Waals surface area contributed by atoms with Crippen molar-refractivity contribution in [1.82, 2.24) is 0 Å². The van der Waals surface area contributed by atoms with Crippen LogP contribution < -0.4 is 9.64 Å². The van der Waals surface area contributed by atoms with Gasteiger partial charge in [-0.05, 0) is 49.9 Å². The maximum atomic E-state index is 12.6. The molecule has 5 heteroatoms. The summed E-state index contributed by atoms with van der Waals surface area (Å²) in [5, 5.41) is 10.4. The fourth-order valence-corrected chi connectivity index (χ4v) is 3.63. The van der Waals surface area contributed by atoms with E-state index in [-0.39, 0.29) is 17.3 Å². The summed E-state index contributed by atoms with van der Waals surface area (Å²) in [6.07, 6.45) is 8.10. The number of benzene rings is 1. The van der Waals surface area contributed by atoms with Gasteiger partial charge in [-0.1, -0.05) is 0 Å². The van der Waals surface area contributed by atoms with Crippen LogP contribution in [0.25, 0.3) is 6.08 Å². The summed E-state index contributed by atoms with van der Waals surface area (Å²) < 4.78 is 11.1. The smallest absolute Gasteiger partial charge is 0.232 e. The second-order valence-electron chi connectivity index (χ2n) is 6.74. The molecular weight excluding hydrogens is 318 g/mol. The van der Waals surface area contributed by atoms with Crippen LogP contribution in [-0.2, 0) is 6.54 Å². The van der Waals surface area contributed by atoms with Crippen LogP contribution in [0.1, 0.15) is 47.4 Å². The van der Waals surface area contributed by atoms with Gasteiger partial charge in [0.15, 0.2) is 11.5 Å². The van der Waals surface area contributed by atoms with E-state index in [0.717, 1.165) is 18.7 Å². The van der Waals surface area contributed by atoms with Crippen LogP contribution in [0.5, 0.6) is 11.5 Å². The van der Waals surface area contributed by atoms with Gasteiger partial charge >= 0.3 is 0 Å². The summed E-state index contributed by atoms with van der Waals surface area (Å²) in [4.78, 5) is 14.0. The third kappa shape index (κ3) is 3.20. The molecule has 1 aromatic carbocycles. The van der Waals surface area contributed by atoms with E-state index in [9.17, 15) is 9.90 Å². The van der Waals surface area contributed by atoms with E-state index in [1.54, 1.807) is 36.6 Å². The number of likely N-dealkylation sites (tertiary alicyclic amines) is 1. The van der Waals surface area contributed by atoms with E-state index in [1.807, 2.05) is 0 Å². The summed E-state index contributed by atoms with van der Waals surface area (Å²) in [6.45, 7) is 2.86. The third-order valence-electron chi connectivity index (χ3n) is 4.97. The van der Waals surface area contributed by atoms with E-state index >= 15 is 0 Å². The van der Waals surface area contributed by atoms with Crippen molar-refractivity contribution in [2.45, 2.75) is 32.2 Å². The van der Waals surface area contributed by atoms with Crippen molar-refractivity contribution < 1.29 is 24.0 Å². The fourth-order valence-electron chi connectivity index (χ4n) is 3.63. The Bertz CT molecular complexity index is 799. The number of ketones is 1. The lowest BCUT2D eigenvalue weighted by Crippen LogP contribution is -3.10. The van der Waals surface area contributed by atoms with Crippen LogP contribution in [0.2, 0.25) is 0 Å². The lowest BCUT2D eigenvalue weighted by molar-refractivity contribution is -0.913. The van der Waals surface area contributed by atoms with Crippen LogP contribution in [0.15, 0.2) is 40.7 Å². The molecule has 3 heterocycles.